The van der Waals surface area contributed by atoms with Crippen LogP contribution in [0.2, 0.25) is 0 Å². The fourth-order valence-corrected chi connectivity index (χ4v) is 1.93. The highest BCUT2D eigenvalue weighted by Gasteiger charge is 2.16. The largest absolute Gasteiger partial charge is 0.315 e. The summed E-state index contributed by atoms with van der Waals surface area (Å²) in [7, 11) is -1.57. The molecule has 0 aromatic heterocycles. The van der Waals surface area contributed by atoms with Crippen molar-refractivity contribution < 1.29 is 8.42 Å². The van der Waals surface area contributed by atoms with Crippen LogP contribution in [0.25, 0.3) is 0 Å². The van der Waals surface area contributed by atoms with Crippen molar-refractivity contribution in [1.29, 1.82) is 0 Å². The lowest BCUT2D eigenvalue weighted by Crippen LogP contribution is -2.33. The van der Waals surface area contributed by atoms with E-state index in [4.69, 9.17) is 0 Å². The van der Waals surface area contributed by atoms with Crippen LogP contribution in [-0.4, -0.2) is 34.3 Å². The zero-order chi connectivity index (χ0) is 9.73. The zero-order valence-corrected chi connectivity index (χ0v) is 8.86. The summed E-state index contributed by atoms with van der Waals surface area (Å²) in [4.78, 5) is 0. The molecule has 0 unspecified atom stereocenters. The van der Waals surface area contributed by atoms with Crippen molar-refractivity contribution in [1.82, 2.24) is 10.0 Å². The first-order valence-corrected chi connectivity index (χ1v) is 6.41. The zero-order valence-electron chi connectivity index (χ0n) is 8.04. The predicted octanol–water partition coefficient (Wildman–Crippen LogP) is -0.0747. The van der Waals surface area contributed by atoms with E-state index in [0.717, 1.165) is 12.5 Å². The molecule has 0 amide bonds. The van der Waals surface area contributed by atoms with E-state index in [1.165, 1.54) is 26.3 Å². The molecule has 13 heavy (non-hydrogen) atoms. The molecular formula is C8H18N2O2S. The molecule has 78 valence electrons. The second-order valence-corrected chi connectivity index (χ2v) is 5.57. The Morgan fingerprint density at radius 1 is 1.38 bits per heavy atom. The van der Waals surface area contributed by atoms with Crippen molar-refractivity contribution in [2.45, 2.75) is 19.3 Å². The Labute approximate surface area is 80.1 Å². The molecule has 0 spiro atoms. The van der Waals surface area contributed by atoms with E-state index in [2.05, 4.69) is 10.0 Å². The average Bonchev–Trinajstić information content (AvgIpc) is 2.01. The van der Waals surface area contributed by atoms with E-state index in [1.54, 1.807) is 0 Å². The lowest BCUT2D eigenvalue weighted by Gasteiger charge is -2.25. The molecule has 1 aliphatic rings. The number of sulfonamides is 1. The molecule has 1 fully saturated rings. The van der Waals surface area contributed by atoms with Gasteiger partial charge in [-0.2, -0.15) is 0 Å². The number of hydrogen-bond acceptors (Lipinski definition) is 3. The van der Waals surface area contributed by atoms with Crippen LogP contribution in [0.5, 0.6) is 0 Å². The van der Waals surface area contributed by atoms with Crippen LogP contribution in [0.1, 0.15) is 19.3 Å². The molecule has 0 aliphatic heterocycles. The molecule has 0 aromatic carbocycles. The van der Waals surface area contributed by atoms with Crippen LogP contribution in [0.15, 0.2) is 0 Å². The fraction of sp³-hybridized carbons (Fsp3) is 1.00. The van der Waals surface area contributed by atoms with Crippen LogP contribution in [0.4, 0.5) is 0 Å². The van der Waals surface area contributed by atoms with Gasteiger partial charge in [-0.1, -0.05) is 6.42 Å². The quantitative estimate of drug-likeness (QED) is 0.598. The molecule has 0 aromatic rings. The normalized spacial score (nSPS) is 18.5. The van der Waals surface area contributed by atoms with E-state index >= 15 is 0 Å². The summed E-state index contributed by atoms with van der Waals surface area (Å²) in [6, 6.07) is 0. The number of hydrogen-bond donors (Lipinski definition) is 2. The van der Waals surface area contributed by atoms with Gasteiger partial charge >= 0.3 is 0 Å². The maximum atomic E-state index is 11.0. The Kier molecular flexibility index (Phi) is 4.15. The highest BCUT2D eigenvalue weighted by molar-refractivity contribution is 7.89. The molecule has 1 saturated carbocycles. The molecular weight excluding hydrogens is 188 g/mol. The van der Waals surface area contributed by atoms with Gasteiger partial charge in [0.05, 0.1) is 5.75 Å². The van der Waals surface area contributed by atoms with Crippen LogP contribution < -0.4 is 10.0 Å². The number of nitrogens with one attached hydrogen (secondary N) is 2. The van der Waals surface area contributed by atoms with Gasteiger partial charge in [0, 0.05) is 6.54 Å². The maximum absolute atomic E-state index is 11.0. The predicted molar refractivity (Wildman–Crippen MR) is 53.1 cm³/mol. The van der Waals surface area contributed by atoms with Crippen molar-refractivity contribution in [2.75, 3.05) is 25.9 Å². The molecule has 0 radical (unpaired) electrons. The van der Waals surface area contributed by atoms with Crippen LogP contribution in [0.3, 0.4) is 0 Å². The third-order valence-electron chi connectivity index (χ3n) is 2.52. The van der Waals surface area contributed by atoms with Crippen LogP contribution in [0, 0.1) is 5.92 Å². The molecule has 0 saturated heterocycles. The smallest absolute Gasteiger partial charge is 0.212 e. The van der Waals surface area contributed by atoms with Crippen molar-refractivity contribution in [2.24, 2.45) is 5.92 Å². The van der Waals surface area contributed by atoms with Crippen LogP contribution >= 0.6 is 0 Å². The molecule has 0 bridgehead atoms. The Morgan fingerprint density at radius 3 is 2.54 bits per heavy atom. The molecule has 0 atom stereocenters. The summed E-state index contributed by atoms with van der Waals surface area (Å²) < 4.78 is 24.2. The minimum atomic E-state index is -3.02. The lowest BCUT2D eigenvalue weighted by atomic mass is 9.85. The summed E-state index contributed by atoms with van der Waals surface area (Å²) in [5.41, 5.74) is 0. The number of rotatable bonds is 6. The first-order chi connectivity index (χ1) is 6.14. The standard InChI is InChI=1S/C8H18N2O2S/c1-9-13(11,12)6-5-10-7-8-3-2-4-8/h8-10H,2-7H2,1H3. The van der Waals surface area contributed by atoms with Gasteiger partial charge in [-0.15, -0.1) is 0 Å². The Bertz CT molecular complexity index is 235. The molecule has 2 N–H and O–H groups in total. The Balaban J connectivity index is 2.00. The first kappa shape index (κ1) is 10.9. The molecule has 0 heterocycles. The molecule has 4 nitrogen and oxygen atoms in total. The second-order valence-electron chi connectivity index (χ2n) is 3.52. The highest BCUT2D eigenvalue weighted by Crippen LogP contribution is 2.24. The van der Waals surface area contributed by atoms with E-state index in [9.17, 15) is 8.42 Å². The molecule has 5 heteroatoms. The van der Waals surface area contributed by atoms with E-state index in [-0.39, 0.29) is 5.75 Å². The van der Waals surface area contributed by atoms with Gasteiger partial charge < -0.3 is 5.32 Å². The first-order valence-electron chi connectivity index (χ1n) is 4.76. The molecule has 1 aliphatic carbocycles. The lowest BCUT2D eigenvalue weighted by molar-refractivity contribution is 0.304. The second kappa shape index (κ2) is 4.93. The average molecular weight is 206 g/mol. The third-order valence-corrected chi connectivity index (χ3v) is 3.88. The fourth-order valence-electron chi connectivity index (χ4n) is 1.31. The van der Waals surface area contributed by atoms with Gasteiger partial charge in [-0.25, -0.2) is 13.1 Å². The summed E-state index contributed by atoms with van der Waals surface area (Å²) in [6.07, 6.45) is 3.93. The van der Waals surface area contributed by atoms with Crippen molar-refractivity contribution in [3.05, 3.63) is 0 Å². The SMILES string of the molecule is CNS(=O)(=O)CCNCC1CCC1. The summed E-state index contributed by atoms with van der Waals surface area (Å²) in [5.74, 6) is 0.966. The summed E-state index contributed by atoms with van der Waals surface area (Å²) >= 11 is 0. The summed E-state index contributed by atoms with van der Waals surface area (Å²) in [6.45, 7) is 1.53. The van der Waals surface area contributed by atoms with Gasteiger partial charge in [-0.05, 0) is 32.4 Å². The molecule has 1 rings (SSSR count). The van der Waals surface area contributed by atoms with E-state index < -0.39 is 10.0 Å². The summed E-state index contributed by atoms with van der Waals surface area (Å²) in [5, 5.41) is 3.16. The topological polar surface area (TPSA) is 58.2 Å². The third kappa shape index (κ3) is 4.06. The maximum Gasteiger partial charge on any atom is 0.212 e. The van der Waals surface area contributed by atoms with Crippen molar-refractivity contribution in [3.63, 3.8) is 0 Å². The monoisotopic (exact) mass is 206 g/mol. The van der Waals surface area contributed by atoms with Crippen molar-refractivity contribution >= 4 is 10.0 Å². The van der Waals surface area contributed by atoms with Crippen molar-refractivity contribution in [3.8, 4) is 0 Å². The van der Waals surface area contributed by atoms with Crippen LogP contribution in [-0.2, 0) is 10.0 Å². The highest BCUT2D eigenvalue weighted by atomic mass is 32.2. The Hall–Kier alpha value is -0.130. The Morgan fingerprint density at radius 2 is 2.08 bits per heavy atom. The van der Waals surface area contributed by atoms with Gasteiger partial charge in [0.2, 0.25) is 10.0 Å². The van der Waals surface area contributed by atoms with Gasteiger partial charge in [0.25, 0.3) is 0 Å². The van der Waals surface area contributed by atoms with Gasteiger partial charge in [-0.3, -0.25) is 0 Å². The van der Waals surface area contributed by atoms with Gasteiger partial charge in [0.1, 0.15) is 0 Å². The van der Waals surface area contributed by atoms with Gasteiger partial charge in [0.15, 0.2) is 0 Å². The minimum absolute atomic E-state index is 0.177. The van der Waals surface area contributed by atoms with E-state index in [0.29, 0.717) is 6.54 Å². The van der Waals surface area contributed by atoms with E-state index in [1.807, 2.05) is 0 Å². The minimum Gasteiger partial charge on any atom is -0.315 e.